The molecule has 0 heterocycles. The van der Waals surface area contributed by atoms with Gasteiger partial charge in [-0.2, -0.15) is 0 Å². The Morgan fingerprint density at radius 1 is 0.490 bits per heavy atom. The van der Waals surface area contributed by atoms with E-state index in [1.165, 1.54) is 55.6 Å². The van der Waals surface area contributed by atoms with Crippen LogP contribution in [0.5, 0.6) is 0 Å². The van der Waals surface area contributed by atoms with Crippen molar-refractivity contribution in [3.63, 3.8) is 0 Å². The molecule has 0 nitrogen and oxygen atoms in total. The molecule has 256 valence electrons. The van der Waals surface area contributed by atoms with Crippen LogP contribution in [0, 0.1) is 0 Å². The van der Waals surface area contributed by atoms with Crippen LogP contribution in [0.1, 0.15) is 127 Å². The van der Waals surface area contributed by atoms with Crippen molar-refractivity contribution >= 4 is 0 Å². The van der Waals surface area contributed by atoms with Crippen LogP contribution in [-0.4, -0.2) is 0 Å². The summed E-state index contributed by atoms with van der Waals surface area (Å²) >= 11 is -0.958. The second-order valence-corrected chi connectivity index (χ2v) is 21.7. The van der Waals surface area contributed by atoms with Gasteiger partial charge in [0.1, 0.15) is 0 Å². The summed E-state index contributed by atoms with van der Waals surface area (Å²) in [5.74, 6) is 0. The van der Waals surface area contributed by atoms with Crippen molar-refractivity contribution in [3.8, 4) is 33.4 Å². The second kappa shape index (κ2) is 14.1. The Morgan fingerprint density at radius 3 is 1.18 bits per heavy atom. The van der Waals surface area contributed by atoms with Crippen LogP contribution in [0.15, 0.2) is 94.3 Å². The van der Waals surface area contributed by atoms with Crippen LogP contribution >= 0.6 is 0 Å². The minimum Gasteiger partial charge on any atom is -1.00 e. The van der Waals surface area contributed by atoms with Gasteiger partial charge < -0.3 is 24.8 Å². The molecule has 0 amide bonds. The summed E-state index contributed by atoms with van der Waals surface area (Å²) in [5.41, 5.74) is 17.5. The first kappa shape index (κ1) is 39.6. The van der Waals surface area contributed by atoms with Crippen LogP contribution in [0.2, 0.25) is 0 Å². The third-order valence-corrected chi connectivity index (χ3v) is 14.2. The van der Waals surface area contributed by atoms with Crippen molar-refractivity contribution < 1.29 is 48.0 Å². The molecule has 2 aliphatic rings. The molecular weight excluding hydrogens is 715 g/mol. The fourth-order valence-corrected chi connectivity index (χ4v) is 11.2. The largest absolute Gasteiger partial charge is 1.00 e. The quantitative estimate of drug-likeness (QED) is 0.206. The van der Waals surface area contributed by atoms with Crippen LogP contribution in [0.4, 0.5) is 0 Å². The minimum atomic E-state index is -0.958. The minimum absolute atomic E-state index is 0. The van der Waals surface area contributed by atoms with E-state index in [0.29, 0.717) is 3.63 Å². The number of allylic oxidation sites excluding steroid dienone is 4. The summed E-state index contributed by atoms with van der Waals surface area (Å²) in [5, 5.41) is 0. The zero-order chi connectivity index (χ0) is 34.1. The van der Waals surface area contributed by atoms with Crippen molar-refractivity contribution in [1.82, 2.24) is 0 Å². The van der Waals surface area contributed by atoms with Gasteiger partial charge in [0.15, 0.2) is 0 Å². The predicted octanol–water partition coefficient (Wildman–Crippen LogP) is 7.21. The van der Waals surface area contributed by atoms with Crippen molar-refractivity contribution in [1.29, 1.82) is 0 Å². The summed E-state index contributed by atoms with van der Waals surface area (Å²) in [6, 6.07) is 29.3. The normalized spacial score (nSPS) is 14.4. The molecule has 0 aliphatic heterocycles. The zero-order valence-corrected chi connectivity index (χ0v) is 35.7. The maximum Gasteiger partial charge on any atom is -1.00 e. The number of rotatable bonds is 4. The first-order chi connectivity index (χ1) is 21.8. The van der Waals surface area contributed by atoms with Gasteiger partial charge in [-0.1, -0.05) is 0 Å². The average molecular weight is 769 g/mol. The van der Waals surface area contributed by atoms with Crippen molar-refractivity contribution in [2.24, 2.45) is 0 Å². The Labute approximate surface area is 321 Å². The van der Waals surface area contributed by atoms with E-state index in [0.717, 1.165) is 6.42 Å². The molecule has 2 aliphatic carbocycles. The molecule has 3 heteroatoms. The van der Waals surface area contributed by atoms with Crippen LogP contribution < -0.4 is 24.8 Å². The number of benzene rings is 4. The van der Waals surface area contributed by atoms with Crippen molar-refractivity contribution in [2.45, 2.75) is 115 Å². The Bertz CT molecular complexity index is 1750. The van der Waals surface area contributed by atoms with Gasteiger partial charge in [0.05, 0.1) is 0 Å². The summed E-state index contributed by atoms with van der Waals surface area (Å²) in [4.78, 5) is 0. The maximum absolute atomic E-state index is 2.62. The first-order valence-corrected chi connectivity index (χ1v) is 20.2. The molecule has 0 atom stereocenters. The number of hydrogen-bond donors (Lipinski definition) is 0. The molecule has 0 unspecified atom stereocenters. The molecule has 0 saturated heterocycles. The van der Waals surface area contributed by atoms with Crippen LogP contribution in [0.3, 0.4) is 0 Å². The summed E-state index contributed by atoms with van der Waals surface area (Å²) in [6.45, 7) is 28.1. The Kier molecular flexibility index (Phi) is 11.4. The molecule has 6 rings (SSSR count). The van der Waals surface area contributed by atoms with Gasteiger partial charge in [-0.15, -0.1) is 0 Å². The standard InChI is InChI=1S/C41H49.C5H5.2ClH.Zr/c1-38(2,3)30-17-13-26(14-18-30)34-22-28-21-29-23-35(27-15-19-31(20-16-27)39(4,5)6)37(41(10,11)12)25-33(29)32(28)24-36(34)40(7,8)9;1-2-4-5-3-1;;;/h13-25H,1-12H3;1-3H,4H2;2*1H;/q;;;;+2/p-2. The van der Waals surface area contributed by atoms with Gasteiger partial charge in [-0.3, -0.25) is 0 Å². The Balaban J connectivity index is 0.00000270. The van der Waals surface area contributed by atoms with Crippen LogP contribution in [-0.2, 0) is 44.9 Å². The van der Waals surface area contributed by atoms with Gasteiger partial charge in [0, 0.05) is 0 Å². The van der Waals surface area contributed by atoms with E-state index in [1.807, 2.05) is 0 Å². The van der Waals surface area contributed by atoms with E-state index in [9.17, 15) is 0 Å². The van der Waals surface area contributed by atoms with Gasteiger partial charge in [-0.25, -0.2) is 0 Å². The molecule has 0 aromatic heterocycles. The molecule has 0 fully saturated rings. The zero-order valence-electron chi connectivity index (χ0n) is 31.7. The molecule has 0 spiro atoms. The number of fused-ring (bicyclic) bond motifs is 3. The summed E-state index contributed by atoms with van der Waals surface area (Å²) in [6.07, 6.45) is 8.19. The van der Waals surface area contributed by atoms with Gasteiger partial charge in [0.25, 0.3) is 0 Å². The fourth-order valence-electron chi connectivity index (χ4n) is 7.26. The van der Waals surface area contributed by atoms with E-state index in [2.05, 4.69) is 174 Å². The Hall–Kier alpha value is -2.18. The molecule has 0 saturated carbocycles. The van der Waals surface area contributed by atoms with E-state index in [4.69, 9.17) is 0 Å². The number of hydrogen-bond acceptors (Lipinski definition) is 0. The SMILES string of the molecule is CC(C)(C)c1ccc(-c2cc3c(cc2C(C)(C)C)-c2cc(C(C)(C)C)c(-c4ccc(C(C)(C)C)cc4)cc2[CH]3[Zr+2][C]2=CC=CC2)cc1.[Cl-].[Cl-]. The molecule has 0 radical (unpaired) electrons. The first-order valence-electron chi connectivity index (χ1n) is 17.5. The summed E-state index contributed by atoms with van der Waals surface area (Å²) < 4.78 is 2.20. The molecular formula is C46H54Cl2Zr. The molecule has 0 N–H and O–H groups in total. The maximum atomic E-state index is 2.62. The summed E-state index contributed by atoms with van der Waals surface area (Å²) in [7, 11) is 0. The van der Waals surface area contributed by atoms with Gasteiger partial charge in [0.2, 0.25) is 0 Å². The molecule has 49 heavy (non-hydrogen) atoms. The number of halogens is 2. The van der Waals surface area contributed by atoms with Crippen molar-refractivity contribution in [2.75, 3.05) is 0 Å². The van der Waals surface area contributed by atoms with E-state index >= 15 is 0 Å². The second-order valence-electron chi connectivity index (χ2n) is 18.0. The molecule has 0 bridgehead atoms. The predicted molar refractivity (Wildman–Crippen MR) is 201 cm³/mol. The monoisotopic (exact) mass is 766 g/mol. The molecule has 4 aromatic carbocycles. The third-order valence-electron chi connectivity index (χ3n) is 10.1. The Morgan fingerprint density at radius 2 is 0.878 bits per heavy atom. The van der Waals surface area contributed by atoms with Crippen molar-refractivity contribution in [3.05, 3.63) is 128 Å². The van der Waals surface area contributed by atoms with E-state index < -0.39 is 23.2 Å². The van der Waals surface area contributed by atoms with E-state index in [1.54, 1.807) is 14.4 Å². The van der Waals surface area contributed by atoms with Gasteiger partial charge in [-0.05, 0) is 0 Å². The topological polar surface area (TPSA) is 0 Å². The van der Waals surface area contributed by atoms with Gasteiger partial charge >= 0.3 is 299 Å². The molecule has 4 aromatic rings. The average Bonchev–Trinajstić information content (AvgIpc) is 3.60. The van der Waals surface area contributed by atoms with E-state index in [-0.39, 0.29) is 46.5 Å². The third kappa shape index (κ3) is 8.01. The van der Waals surface area contributed by atoms with Crippen LogP contribution in [0.25, 0.3) is 33.4 Å². The fraction of sp³-hybridized carbons (Fsp3) is 0.391. The smallest absolute Gasteiger partial charge is 1.00 e.